The summed E-state index contributed by atoms with van der Waals surface area (Å²) in [4.78, 5) is 51.2. The maximum atomic E-state index is 14.0. The molecule has 0 saturated heterocycles. The number of thioether (sulfide) groups is 1. The van der Waals surface area contributed by atoms with Gasteiger partial charge in [-0.1, -0.05) is 50.2 Å². The molecule has 0 radical (unpaired) electrons. The molecule has 0 bridgehead atoms. The zero-order chi connectivity index (χ0) is 31.9. The molecule has 0 unspecified atom stereocenters. The fourth-order valence-corrected chi connectivity index (χ4v) is 5.94. The van der Waals surface area contributed by atoms with Crippen LogP contribution in [0.15, 0.2) is 60.9 Å². The molecule has 1 aliphatic heterocycles. The van der Waals surface area contributed by atoms with Crippen molar-refractivity contribution >= 4 is 40.3 Å². The van der Waals surface area contributed by atoms with Crippen molar-refractivity contribution in [3.63, 3.8) is 0 Å². The number of benzene rings is 2. The van der Waals surface area contributed by atoms with Crippen LogP contribution in [0.1, 0.15) is 55.3 Å². The number of hydrogen-bond acceptors (Lipinski definition) is 8. The van der Waals surface area contributed by atoms with Crippen molar-refractivity contribution in [2.24, 2.45) is 5.92 Å². The van der Waals surface area contributed by atoms with E-state index in [1.165, 1.54) is 0 Å². The molecule has 0 saturated carbocycles. The lowest BCUT2D eigenvalue weighted by molar-refractivity contribution is -0.129. The van der Waals surface area contributed by atoms with Gasteiger partial charge in [0.05, 0.1) is 18.2 Å². The number of phenols is 1. The van der Waals surface area contributed by atoms with Gasteiger partial charge < -0.3 is 20.6 Å². The molecule has 1 aliphatic rings. The van der Waals surface area contributed by atoms with Crippen molar-refractivity contribution in [2.75, 3.05) is 25.1 Å². The van der Waals surface area contributed by atoms with Gasteiger partial charge in [0.1, 0.15) is 11.8 Å². The maximum Gasteiger partial charge on any atom is 0.257 e. The van der Waals surface area contributed by atoms with Crippen LogP contribution < -0.4 is 10.6 Å². The lowest BCUT2D eigenvalue weighted by Gasteiger charge is -2.28. The second kappa shape index (κ2) is 14.6. The summed E-state index contributed by atoms with van der Waals surface area (Å²) in [5.74, 6) is 0.761. The number of pyridine rings is 1. The lowest BCUT2D eigenvalue weighted by Crippen LogP contribution is -2.49. The van der Waals surface area contributed by atoms with E-state index in [0.717, 1.165) is 10.9 Å². The first-order chi connectivity index (χ1) is 21.8. The van der Waals surface area contributed by atoms with Gasteiger partial charge >= 0.3 is 0 Å². The number of rotatable bonds is 6. The highest BCUT2D eigenvalue weighted by Gasteiger charge is 2.30. The molecule has 2 aromatic carbocycles. The zero-order valence-electron chi connectivity index (χ0n) is 25.8. The molecule has 2 atom stereocenters. The SMILES string of the molecule is CSCC[C@@H]1NC(=O)CCCN(C(=O)c2ccc3cnccc3c2O)CCn2nc(-c3ccccc3)nc2[C@@H](C(C)C)NC1=O. The second-order valence-corrected chi connectivity index (χ2v) is 12.5. The molecule has 0 spiro atoms. The van der Waals surface area contributed by atoms with Gasteiger partial charge in [0.25, 0.3) is 5.91 Å². The normalized spacial score (nSPS) is 18.3. The summed E-state index contributed by atoms with van der Waals surface area (Å²) in [5, 5.41) is 23.2. The van der Waals surface area contributed by atoms with Gasteiger partial charge in [0.15, 0.2) is 11.6 Å². The minimum absolute atomic E-state index is 0.0490. The van der Waals surface area contributed by atoms with Crippen LogP contribution in [0.3, 0.4) is 0 Å². The molecule has 2 aromatic heterocycles. The Kier molecular flexibility index (Phi) is 10.3. The summed E-state index contributed by atoms with van der Waals surface area (Å²) in [6.45, 7) is 4.80. The van der Waals surface area contributed by atoms with Crippen molar-refractivity contribution in [3.8, 4) is 17.1 Å². The maximum absolute atomic E-state index is 14.0. The molecule has 236 valence electrons. The quantitative estimate of drug-likeness (QED) is 0.288. The van der Waals surface area contributed by atoms with Crippen LogP contribution in [-0.2, 0) is 16.1 Å². The third-order valence-electron chi connectivity index (χ3n) is 7.96. The largest absolute Gasteiger partial charge is 0.506 e. The van der Waals surface area contributed by atoms with Gasteiger partial charge in [0.2, 0.25) is 11.8 Å². The highest BCUT2D eigenvalue weighted by atomic mass is 32.2. The van der Waals surface area contributed by atoms with Gasteiger partial charge in [-0.2, -0.15) is 16.9 Å². The van der Waals surface area contributed by atoms with Crippen molar-refractivity contribution in [3.05, 3.63) is 72.3 Å². The zero-order valence-corrected chi connectivity index (χ0v) is 26.6. The second-order valence-electron chi connectivity index (χ2n) is 11.5. The number of aromatic nitrogens is 4. The number of nitrogens with zero attached hydrogens (tertiary/aromatic N) is 5. The molecule has 0 aliphatic carbocycles. The van der Waals surface area contributed by atoms with E-state index < -0.39 is 12.1 Å². The molecule has 11 nitrogen and oxygen atoms in total. The van der Waals surface area contributed by atoms with Crippen LogP contribution >= 0.6 is 11.8 Å². The average molecular weight is 630 g/mol. The standard InChI is InChI=1S/C33H39N7O4S/c1-21(2)28-31-37-30(22-8-5-4-6-9-22)38-40(31)18-17-39(16-7-10-27(41)35-26(14-19-45-3)32(43)36-28)33(44)25-12-11-23-20-34-15-13-24(23)29(25)42/h4-6,8-9,11-13,15,20-21,26,28,42H,7,10,14,16-19H2,1-3H3,(H,35,41)(H,36,43)/t26-,28+/m0/s1. The van der Waals surface area contributed by atoms with Crippen LogP contribution in [0.5, 0.6) is 5.75 Å². The minimum atomic E-state index is -0.708. The first kappa shape index (κ1) is 32.0. The fourth-order valence-electron chi connectivity index (χ4n) is 5.47. The van der Waals surface area contributed by atoms with Crippen LogP contribution in [0.4, 0.5) is 0 Å². The van der Waals surface area contributed by atoms with Crippen LogP contribution in [0, 0.1) is 5.92 Å². The Bertz CT molecular complexity index is 1660. The topological polar surface area (TPSA) is 142 Å². The Balaban J connectivity index is 1.53. The summed E-state index contributed by atoms with van der Waals surface area (Å²) >= 11 is 1.61. The number of nitrogens with one attached hydrogen (secondary N) is 2. The summed E-state index contributed by atoms with van der Waals surface area (Å²) < 4.78 is 1.76. The summed E-state index contributed by atoms with van der Waals surface area (Å²) in [6, 6.07) is 13.4. The van der Waals surface area contributed by atoms with Gasteiger partial charge in [-0.05, 0) is 42.9 Å². The number of aromatic hydroxyl groups is 1. The van der Waals surface area contributed by atoms with Crippen molar-refractivity contribution in [2.45, 2.75) is 51.7 Å². The number of fused-ring (bicyclic) bond motifs is 2. The predicted octanol–water partition coefficient (Wildman–Crippen LogP) is 4.19. The van der Waals surface area contributed by atoms with E-state index in [2.05, 4.69) is 15.6 Å². The summed E-state index contributed by atoms with van der Waals surface area (Å²) in [6.07, 6.45) is 6.17. The molecule has 12 heteroatoms. The van der Waals surface area contributed by atoms with E-state index in [-0.39, 0.29) is 54.5 Å². The van der Waals surface area contributed by atoms with Gasteiger partial charge in [0, 0.05) is 48.2 Å². The Morgan fingerprint density at radius 2 is 1.87 bits per heavy atom. The van der Waals surface area contributed by atoms with Gasteiger partial charge in [-0.25, -0.2) is 9.67 Å². The molecule has 3 amide bonds. The van der Waals surface area contributed by atoms with Crippen molar-refractivity contribution < 1.29 is 19.5 Å². The molecule has 4 aromatic rings. The summed E-state index contributed by atoms with van der Waals surface area (Å²) in [5.41, 5.74) is 1.00. The first-order valence-electron chi connectivity index (χ1n) is 15.2. The molecule has 45 heavy (non-hydrogen) atoms. The lowest BCUT2D eigenvalue weighted by atomic mass is 10.0. The van der Waals surface area contributed by atoms with E-state index in [4.69, 9.17) is 10.1 Å². The number of hydrogen-bond donors (Lipinski definition) is 3. The summed E-state index contributed by atoms with van der Waals surface area (Å²) in [7, 11) is 0. The highest BCUT2D eigenvalue weighted by molar-refractivity contribution is 7.98. The fraction of sp³-hybridized carbons (Fsp3) is 0.394. The van der Waals surface area contributed by atoms with Gasteiger partial charge in [-0.15, -0.1) is 0 Å². The highest BCUT2D eigenvalue weighted by Crippen LogP contribution is 2.30. The minimum Gasteiger partial charge on any atom is -0.506 e. The van der Waals surface area contributed by atoms with Crippen LogP contribution in [0.2, 0.25) is 0 Å². The first-order valence-corrected chi connectivity index (χ1v) is 16.6. The Morgan fingerprint density at radius 1 is 1.07 bits per heavy atom. The van der Waals surface area contributed by atoms with E-state index >= 15 is 0 Å². The number of phenolic OH excluding ortho intramolecular Hbond substituents is 1. The molecular formula is C33H39N7O4S. The third-order valence-corrected chi connectivity index (χ3v) is 8.60. The Hall–Kier alpha value is -4.45. The Labute approximate surface area is 266 Å². The monoisotopic (exact) mass is 629 g/mol. The molecule has 3 N–H and O–H groups in total. The van der Waals surface area contributed by atoms with E-state index in [9.17, 15) is 19.5 Å². The Morgan fingerprint density at radius 3 is 2.62 bits per heavy atom. The predicted molar refractivity (Wildman–Crippen MR) is 175 cm³/mol. The third kappa shape index (κ3) is 7.44. The van der Waals surface area contributed by atoms with E-state index in [1.807, 2.05) is 50.4 Å². The molecule has 5 rings (SSSR count). The molecule has 0 fully saturated rings. The van der Waals surface area contributed by atoms with Crippen molar-refractivity contribution in [1.82, 2.24) is 35.3 Å². The molecule has 3 heterocycles. The molecular weight excluding hydrogens is 590 g/mol. The van der Waals surface area contributed by atoms with Gasteiger partial charge in [-0.3, -0.25) is 19.4 Å². The average Bonchev–Trinajstić information content (AvgIpc) is 3.47. The number of amides is 3. The van der Waals surface area contributed by atoms with E-state index in [0.29, 0.717) is 42.2 Å². The smallest absolute Gasteiger partial charge is 0.257 e. The van der Waals surface area contributed by atoms with Crippen LogP contribution in [0.25, 0.3) is 22.2 Å². The van der Waals surface area contributed by atoms with Crippen molar-refractivity contribution in [1.29, 1.82) is 0 Å². The van der Waals surface area contributed by atoms with E-state index in [1.54, 1.807) is 51.9 Å². The van der Waals surface area contributed by atoms with Crippen LogP contribution in [-0.4, -0.2) is 78.6 Å². The number of carbonyl (C=O) groups excluding carboxylic acids is 3. The number of carbonyl (C=O) groups is 3.